The summed E-state index contributed by atoms with van der Waals surface area (Å²) in [5, 5.41) is 3.85. The van der Waals surface area contributed by atoms with Crippen molar-refractivity contribution in [2.45, 2.75) is 44.0 Å². The lowest BCUT2D eigenvalue weighted by molar-refractivity contribution is -0.123. The number of nitrogens with zero attached hydrogens (tertiary/aromatic N) is 1. The van der Waals surface area contributed by atoms with Crippen molar-refractivity contribution in [2.24, 2.45) is 11.8 Å². The van der Waals surface area contributed by atoms with E-state index in [1.807, 2.05) is 42.5 Å². The summed E-state index contributed by atoms with van der Waals surface area (Å²) < 4.78 is 0. The fraction of sp³-hybridized carbons (Fsp3) is 0.360. The molecule has 4 nitrogen and oxygen atoms in total. The maximum atomic E-state index is 13.3. The molecular weight excluding hydrogens is 428 g/mol. The number of rotatable bonds is 4. The van der Waals surface area contributed by atoms with Gasteiger partial charge in [-0.1, -0.05) is 74.3 Å². The highest BCUT2D eigenvalue weighted by molar-refractivity contribution is 8.04. The minimum Gasteiger partial charge on any atom is -0.352 e. The van der Waals surface area contributed by atoms with E-state index in [0.717, 1.165) is 29.0 Å². The van der Waals surface area contributed by atoms with E-state index in [0.29, 0.717) is 21.8 Å². The van der Waals surface area contributed by atoms with Gasteiger partial charge in [0.2, 0.25) is 5.91 Å². The molecule has 4 rings (SSSR count). The molecule has 0 aromatic heterocycles. The van der Waals surface area contributed by atoms with Gasteiger partial charge in [0.1, 0.15) is 6.54 Å². The molecule has 31 heavy (non-hydrogen) atoms. The van der Waals surface area contributed by atoms with E-state index >= 15 is 0 Å². The van der Waals surface area contributed by atoms with Crippen LogP contribution in [0, 0.1) is 11.8 Å². The standard InChI is InChI=1S/C25H27ClN2O2S/c1-16-6-5-7-20(17(16)2)27-24(29)15-28-21-8-3-4-9-22(21)31-23(25(28)30)14-18-10-12-19(26)13-11-18/h3-4,8-14,16-17,20H,5-7,15H2,1-2H3,(H,27,29)/b23-14+/t16-,17-,20-/m1/s1. The molecule has 6 heteroatoms. The number of para-hydroxylation sites is 1. The summed E-state index contributed by atoms with van der Waals surface area (Å²) in [4.78, 5) is 29.4. The maximum absolute atomic E-state index is 13.3. The van der Waals surface area contributed by atoms with Crippen molar-refractivity contribution >= 4 is 46.9 Å². The van der Waals surface area contributed by atoms with Crippen LogP contribution in [0.15, 0.2) is 58.3 Å². The van der Waals surface area contributed by atoms with Crippen LogP contribution in [0.5, 0.6) is 0 Å². The molecule has 0 radical (unpaired) electrons. The Hall–Kier alpha value is -2.24. The van der Waals surface area contributed by atoms with Crippen LogP contribution in [0.25, 0.3) is 6.08 Å². The molecule has 0 saturated heterocycles. The lowest BCUT2D eigenvalue weighted by atomic mass is 9.78. The van der Waals surface area contributed by atoms with Crippen molar-refractivity contribution < 1.29 is 9.59 Å². The summed E-state index contributed by atoms with van der Waals surface area (Å²) in [6.07, 6.45) is 5.20. The second-order valence-electron chi connectivity index (χ2n) is 8.46. The Balaban J connectivity index is 1.56. The Morgan fingerprint density at radius 2 is 1.90 bits per heavy atom. The molecule has 162 valence electrons. The number of halogens is 1. The summed E-state index contributed by atoms with van der Waals surface area (Å²) >= 11 is 7.42. The molecule has 1 fully saturated rings. The largest absolute Gasteiger partial charge is 0.352 e. The number of thioether (sulfide) groups is 1. The van der Waals surface area contributed by atoms with E-state index in [2.05, 4.69) is 19.2 Å². The number of amides is 2. The molecule has 2 aliphatic rings. The van der Waals surface area contributed by atoms with E-state index in [1.165, 1.54) is 18.2 Å². The zero-order chi connectivity index (χ0) is 22.0. The average Bonchev–Trinajstić information content (AvgIpc) is 2.76. The summed E-state index contributed by atoms with van der Waals surface area (Å²) in [5.74, 6) is 0.783. The molecule has 3 atom stereocenters. The minimum atomic E-state index is -0.154. The van der Waals surface area contributed by atoms with Gasteiger partial charge in [0.25, 0.3) is 5.91 Å². The van der Waals surface area contributed by atoms with E-state index < -0.39 is 0 Å². The second kappa shape index (κ2) is 9.49. The van der Waals surface area contributed by atoms with Crippen LogP contribution < -0.4 is 10.2 Å². The molecular formula is C25H27ClN2O2S. The molecule has 2 aromatic rings. The first-order chi connectivity index (χ1) is 14.9. The van der Waals surface area contributed by atoms with Crippen molar-refractivity contribution in [1.82, 2.24) is 5.32 Å². The van der Waals surface area contributed by atoms with Gasteiger partial charge in [-0.2, -0.15) is 0 Å². The van der Waals surface area contributed by atoms with Gasteiger partial charge in [0.15, 0.2) is 0 Å². The third kappa shape index (κ3) is 4.99. The highest BCUT2D eigenvalue weighted by atomic mass is 35.5. The van der Waals surface area contributed by atoms with Gasteiger partial charge in [0, 0.05) is 16.0 Å². The van der Waals surface area contributed by atoms with Crippen molar-refractivity contribution in [1.29, 1.82) is 0 Å². The van der Waals surface area contributed by atoms with Gasteiger partial charge in [-0.05, 0) is 54.2 Å². The van der Waals surface area contributed by atoms with Crippen molar-refractivity contribution in [2.75, 3.05) is 11.4 Å². The number of nitrogens with one attached hydrogen (secondary N) is 1. The number of carbonyl (C=O) groups excluding carboxylic acids is 2. The molecule has 2 aromatic carbocycles. The normalized spacial score (nSPS) is 24.7. The molecule has 1 saturated carbocycles. The Morgan fingerprint density at radius 1 is 1.16 bits per heavy atom. The van der Waals surface area contributed by atoms with Crippen LogP contribution in [0.2, 0.25) is 5.02 Å². The summed E-state index contributed by atoms with van der Waals surface area (Å²) in [7, 11) is 0. The van der Waals surface area contributed by atoms with Gasteiger partial charge in [-0.3, -0.25) is 14.5 Å². The summed E-state index contributed by atoms with van der Waals surface area (Å²) in [5.41, 5.74) is 1.68. The van der Waals surface area contributed by atoms with Crippen molar-refractivity contribution in [3.63, 3.8) is 0 Å². The van der Waals surface area contributed by atoms with Gasteiger partial charge in [0.05, 0.1) is 10.6 Å². The number of anilines is 1. The van der Waals surface area contributed by atoms with E-state index in [-0.39, 0.29) is 24.4 Å². The topological polar surface area (TPSA) is 49.4 Å². The fourth-order valence-electron chi connectivity index (χ4n) is 4.31. The second-order valence-corrected chi connectivity index (χ2v) is 9.98. The molecule has 1 aliphatic carbocycles. The lowest BCUT2D eigenvalue weighted by Crippen LogP contribution is -2.49. The SMILES string of the molecule is C[C@@H]1[C@H](C)CCC[C@H]1NC(=O)CN1C(=O)/C(=C\c2ccc(Cl)cc2)Sc2ccccc21. The molecule has 0 bridgehead atoms. The van der Waals surface area contributed by atoms with Crippen LogP contribution in [0.4, 0.5) is 5.69 Å². The Labute approximate surface area is 193 Å². The summed E-state index contributed by atoms with van der Waals surface area (Å²) in [6.45, 7) is 4.48. The lowest BCUT2D eigenvalue weighted by Gasteiger charge is -2.35. The van der Waals surface area contributed by atoms with Crippen molar-refractivity contribution in [3.8, 4) is 0 Å². The number of hydrogen-bond acceptors (Lipinski definition) is 3. The highest BCUT2D eigenvalue weighted by Crippen LogP contribution is 2.42. The predicted molar refractivity (Wildman–Crippen MR) is 128 cm³/mol. The van der Waals surface area contributed by atoms with E-state index in [9.17, 15) is 9.59 Å². The van der Waals surface area contributed by atoms with Gasteiger partial charge in [-0.25, -0.2) is 0 Å². The van der Waals surface area contributed by atoms with E-state index in [1.54, 1.807) is 17.0 Å². The molecule has 2 amide bonds. The fourth-order valence-corrected chi connectivity index (χ4v) is 5.50. The molecule has 1 N–H and O–H groups in total. The zero-order valence-corrected chi connectivity index (χ0v) is 19.4. The molecule has 0 spiro atoms. The Morgan fingerprint density at radius 3 is 2.68 bits per heavy atom. The molecule has 0 unspecified atom stereocenters. The number of hydrogen-bond donors (Lipinski definition) is 1. The van der Waals surface area contributed by atoms with Crippen LogP contribution in [-0.4, -0.2) is 24.4 Å². The number of benzene rings is 2. The first-order valence-electron chi connectivity index (χ1n) is 10.8. The zero-order valence-electron chi connectivity index (χ0n) is 17.8. The third-order valence-corrected chi connectivity index (χ3v) is 7.68. The van der Waals surface area contributed by atoms with Crippen LogP contribution in [0.3, 0.4) is 0 Å². The first-order valence-corrected chi connectivity index (χ1v) is 12.0. The van der Waals surface area contributed by atoms with Crippen molar-refractivity contribution in [3.05, 3.63) is 64.0 Å². The highest BCUT2D eigenvalue weighted by Gasteiger charge is 2.32. The number of carbonyl (C=O) groups is 2. The minimum absolute atomic E-state index is 0.0198. The third-order valence-electron chi connectivity index (χ3n) is 6.35. The quantitative estimate of drug-likeness (QED) is 0.597. The Bertz CT molecular complexity index is 1000. The predicted octanol–water partition coefficient (Wildman–Crippen LogP) is 5.76. The summed E-state index contributed by atoms with van der Waals surface area (Å²) in [6, 6.07) is 15.3. The van der Waals surface area contributed by atoms with Gasteiger partial charge < -0.3 is 5.32 Å². The average molecular weight is 455 g/mol. The Kier molecular flexibility index (Phi) is 6.73. The first kappa shape index (κ1) is 22.0. The maximum Gasteiger partial charge on any atom is 0.265 e. The smallest absolute Gasteiger partial charge is 0.265 e. The molecule has 1 heterocycles. The van der Waals surface area contributed by atoms with Crippen LogP contribution in [0.1, 0.15) is 38.7 Å². The molecule has 1 aliphatic heterocycles. The number of fused-ring (bicyclic) bond motifs is 1. The monoisotopic (exact) mass is 454 g/mol. The van der Waals surface area contributed by atoms with E-state index in [4.69, 9.17) is 11.6 Å². The van der Waals surface area contributed by atoms with Gasteiger partial charge >= 0.3 is 0 Å². The van der Waals surface area contributed by atoms with Crippen LogP contribution >= 0.6 is 23.4 Å². The van der Waals surface area contributed by atoms with Crippen LogP contribution in [-0.2, 0) is 9.59 Å². The van der Waals surface area contributed by atoms with Gasteiger partial charge in [-0.15, -0.1) is 0 Å².